The molecule has 4 rings (SSSR count). The second kappa shape index (κ2) is 5.30. The van der Waals surface area contributed by atoms with E-state index in [-0.39, 0.29) is 0 Å². The molecule has 3 heterocycles. The van der Waals surface area contributed by atoms with E-state index in [0.717, 1.165) is 31.6 Å². The van der Waals surface area contributed by atoms with Gasteiger partial charge in [-0.3, -0.25) is 5.10 Å². The van der Waals surface area contributed by atoms with E-state index in [1.54, 1.807) is 0 Å². The van der Waals surface area contributed by atoms with Gasteiger partial charge in [0, 0.05) is 12.1 Å². The Balaban J connectivity index is 1.89. The van der Waals surface area contributed by atoms with Gasteiger partial charge in [0.2, 0.25) is 0 Å². The van der Waals surface area contributed by atoms with Gasteiger partial charge in [0.25, 0.3) is 0 Å². The van der Waals surface area contributed by atoms with Crippen molar-refractivity contribution in [2.75, 3.05) is 13.1 Å². The highest BCUT2D eigenvalue weighted by atomic mass is 15.2. The molecule has 4 heteroatoms. The van der Waals surface area contributed by atoms with E-state index in [2.05, 4.69) is 38.7 Å². The van der Waals surface area contributed by atoms with Gasteiger partial charge in [0.05, 0.1) is 11.1 Å². The molecule has 1 saturated heterocycles. The van der Waals surface area contributed by atoms with Crippen LogP contribution in [0.1, 0.15) is 24.5 Å². The van der Waals surface area contributed by atoms with Crippen molar-refractivity contribution in [2.24, 2.45) is 0 Å². The van der Waals surface area contributed by atoms with Crippen molar-refractivity contribution < 1.29 is 0 Å². The number of hydrogen-bond donors (Lipinski definition) is 2. The maximum atomic E-state index is 4.58. The zero-order valence-electron chi connectivity index (χ0n) is 11.8. The SMILES string of the molecule is [c]1cccc(-c2ccnc3[nH]nc(C4CCNCC4)c23)c1. The van der Waals surface area contributed by atoms with Crippen LogP contribution >= 0.6 is 0 Å². The van der Waals surface area contributed by atoms with Crippen molar-refractivity contribution in [3.05, 3.63) is 48.3 Å². The number of hydrogen-bond acceptors (Lipinski definition) is 3. The first-order valence-electron chi connectivity index (χ1n) is 7.43. The fraction of sp³-hybridized carbons (Fsp3) is 0.294. The van der Waals surface area contributed by atoms with Crippen molar-refractivity contribution >= 4 is 11.0 Å². The topological polar surface area (TPSA) is 53.6 Å². The summed E-state index contributed by atoms with van der Waals surface area (Å²) >= 11 is 0. The number of H-pyrrole nitrogens is 1. The second-order valence-electron chi connectivity index (χ2n) is 5.51. The quantitative estimate of drug-likeness (QED) is 0.757. The van der Waals surface area contributed by atoms with Gasteiger partial charge in [-0.15, -0.1) is 0 Å². The van der Waals surface area contributed by atoms with E-state index in [1.807, 2.05) is 24.4 Å². The van der Waals surface area contributed by atoms with E-state index >= 15 is 0 Å². The maximum absolute atomic E-state index is 4.58. The van der Waals surface area contributed by atoms with E-state index in [1.165, 1.54) is 22.2 Å². The van der Waals surface area contributed by atoms with Crippen LogP contribution in [-0.4, -0.2) is 28.3 Å². The Hall–Kier alpha value is -2.20. The lowest BCUT2D eigenvalue weighted by Gasteiger charge is -2.21. The predicted octanol–water partition coefficient (Wildman–Crippen LogP) is 2.89. The summed E-state index contributed by atoms with van der Waals surface area (Å²) in [6, 6.07) is 13.3. The molecular weight excluding hydrogens is 260 g/mol. The smallest absolute Gasteiger partial charge is 0.155 e. The van der Waals surface area contributed by atoms with Crippen LogP contribution in [-0.2, 0) is 0 Å². The van der Waals surface area contributed by atoms with Crippen LogP contribution in [0.5, 0.6) is 0 Å². The molecule has 21 heavy (non-hydrogen) atoms. The first kappa shape index (κ1) is 12.5. The van der Waals surface area contributed by atoms with E-state index < -0.39 is 0 Å². The lowest BCUT2D eigenvalue weighted by atomic mass is 9.90. The standard InChI is InChI=1S/C17H17N4/c1-2-4-12(5-3-1)14-8-11-19-17-15(14)16(20-21-17)13-6-9-18-10-7-13/h1-2,4-5,8,11,13,18H,6-7,9-10H2,(H,19,20,21). The number of aromatic nitrogens is 3. The van der Waals surface area contributed by atoms with Gasteiger partial charge in [-0.2, -0.15) is 5.10 Å². The largest absolute Gasteiger partial charge is 0.317 e. The van der Waals surface area contributed by atoms with Crippen LogP contribution in [0.2, 0.25) is 0 Å². The van der Waals surface area contributed by atoms with Crippen molar-refractivity contribution in [2.45, 2.75) is 18.8 Å². The average Bonchev–Trinajstić information content (AvgIpc) is 3.00. The molecule has 2 aromatic heterocycles. The van der Waals surface area contributed by atoms with Crippen LogP contribution < -0.4 is 5.32 Å². The molecule has 0 saturated carbocycles. The maximum Gasteiger partial charge on any atom is 0.155 e. The number of nitrogens with zero attached hydrogens (tertiary/aromatic N) is 2. The molecule has 1 fully saturated rings. The van der Waals surface area contributed by atoms with Gasteiger partial charge in [-0.25, -0.2) is 4.98 Å². The van der Waals surface area contributed by atoms with Gasteiger partial charge in [0.15, 0.2) is 5.65 Å². The fourth-order valence-corrected chi connectivity index (χ4v) is 3.17. The third kappa shape index (κ3) is 2.21. The van der Waals surface area contributed by atoms with Crippen LogP contribution in [0.25, 0.3) is 22.2 Å². The number of piperidine rings is 1. The highest BCUT2D eigenvalue weighted by molar-refractivity contribution is 5.94. The third-order valence-electron chi connectivity index (χ3n) is 4.23. The summed E-state index contributed by atoms with van der Waals surface area (Å²) in [4.78, 5) is 4.44. The minimum Gasteiger partial charge on any atom is -0.317 e. The van der Waals surface area contributed by atoms with Gasteiger partial charge in [-0.1, -0.05) is 18.2 Å². The third-order valence-corrected chi connectivity index (χ3v) is 4.23. The Labute approximate surface area is 123 Å². The number of aromatic amines is 1. The monoisotopic (exact) mass is 277 g/mol. The molecule has 0 unspecified atom stereocenters. The van der Waals surface area contributed by atoms with Crippen molar-refractivity contribution in [1.82, 2.24) is 20.5 Å². The van der Waals surface area contributed by atoms with E-state index in [0.29, 0.717) is 5.92 Å². The summed E-state index contributed by atoms with van der Waals surface area (Å²) in [6.45, 7) is 2.13. The first-order valence-corrected chi connectivity index (χ1v) is 7.43. The van der Waals surface area contributed by atoms with E-state index in [4.69, 9.17) is 0 Å². The van der Waals surface area contributed by atoms with Crippen LogP contribution in [0.15, 0.2) is 36.5 Å². The molecule has 2 N–H and O–H groups in total. The van der Waals surface area contributed by atoms with Gasteiger partial charge < -0.3 is 5.32 Å². The Morgan fingerprint density at radius 3 is 2.90 bits per heavy atom. The molecule has 0 amide bonds. The summed E-state index contributed by atoms with van der Waals surface area (Å²) in [6.07, 6.45) is 4.11. The number of nitrogens with one attached hydrogen (secondary N) is 2. The fourth-order valence-electron chi connectivity index (χ4n) is 3.17. The van der Waals surface area contributed by atoms with Gasteiger partial charge in [0.1, 0.15) is 0 Å². The Morgan fingerprint density at radius 2 is 2.10 bits per heavy atom. The molecule has 0 bridgehead atoms. The number of rotatable bonds is 2. The minimum atomic E-state index is 0.510. The lowest BCUT2D eigenvalue weighted by molar-refractivity contribution is 0.454. The summed E-state index contributed by atoms with van der Waals surface area (Å²) in [5.41, 5.74) is 4.41. The molecule has 3 aromatic rings. The Bertz CT molecular complexity index is 742. The van der Waals surface area contributed by atoms with Gasteiger partial charge >= 0.3 is 0 Å². The molecule has 0 atom stereocenters. The highest BCUT2D eigenvalue weighted by Gasteiger charge is 2.22. The van der Waals surface area contributed by atoms with Crippen molar-refractivity contribution in [3.63, 3.8) is 0 Å². The summed E-state index contributed by atoms with van der Waals surface area (Å²) in [5.74, 6) is 0.510. The second-order valence-corrected chi connectivity index (χ2v) is 5.51. The Morgan fingerprint density at radius 1 is 1.19 bits per heavy atom. The normalized spacial score (nSPS) is 16.4. The van der Waals surface area contributed by atoms with Crippen LogP contribution in [0.4, 0.5) is 0 Å². The zero-order valence-corrected chi connectivity index (χ0v) is 11.8. The minimum absolute atomic E-state index is 0.510. The molecule has 1 radical (unpaired) electrons. The van der Waals surface area contributed by atoms with Crippen molar-refractivity contribution in [1.29, 1.82) is 0 Å². The molecule has 0 aliphatic carbocycles. The molecule has 4 nitrogen and oxygen atoms in total. The highest BCUT2D eigenvalue weighted by Crippen LogP contribution is 2.34. The average molecular weight is 277 g/mol. The summed E-state index contributed by atoms with van der Waals surface area (Å²) < 4.78 is 0. The zero-order chi connectivity index (χ0) is 14.1. The lowest BCUT2D eigenvalue weighted by Crippen LogP contribution is -2.26. The van der Waals surface area contributed by atoms with E-state index in [9.17, 15) is 0 Å². The predicted molar refractivity (Wildman–Crippen MR) is 83.0 cm³/mol. The first-order chi connectivity index (χ1) is 10.4. The summed E-state index contributed by atoms with van der Waals surface area (Å²) in [7, 11) is 0. The molecule has 1 aliphatic rings. The number of benzene rings is 1. The molecule has 1 aromatic carbocycles. The molecule has 1 aliphatic heterocycles. The summed E-state index contributed by atoms with van der Waals surface area (Å²) in [5, 5.41) is 12.3. The van der Waals surface area contributed by atoms with Crippen LogP contribution in [0, 0.1) is 6.07 Å². The molecule has 0 spiro atoms. The molecule has 105 valence electrons. The number of fused-ring (bicyclic) bond motifs is 1. The Kier molecular flexibility index (Phi) is 3.16. The molecular formula is C17H17N4. The van der Waals surface area contributed by atoms with Gasteiger partial charge in [-0.05, 0) is 55.3 Å². The number of pyridine rings is 1. The van der Waals surface area contributed by atoms with Crippen molar-refractivity contribution in [3.8, 4) is 11.1 Å². The van der Waals surface area contributed by atoms with Crippen LogP contribution in [0.3, 0.4) is 0 Å².